The Morgan fingerprint density at radius 3 is 2.71 bits per heavy atom. The maximum Gasteiger partial charge on any atom is 0.434 e. The maximum atomic E-state index is 12.8. The van der Waals surface area contributed by atoms with E-state index in [0.717, 1.165) is 11.8 Å². The summed E-state index contributed by atoms with van der Waals surface area (Å²) >= 11 is 3.82. The lowest BCUT2D eigenvalue weighted by atomic mass is 10.3. The van der Waals surface area contributed by atoms with E-state index in [2.05, 4.69) is 20.9 Å². The van der Waals surface area contributed by atoms with E-state index in [4.69, 9.17) is 0 Å². The van der Waals surface area contributed by atoms with Crippen LogP contribution >= 0.6 is 27.7 Å². The summed E-state index contributed by atoms with van der Waals surface area (Å²) in [6.07, 6.45) is -4.49. The number of pyridine rings is 1. The quantitative estimate of drug-likeness (QED) is 0.787. The minimum atomic E-state index is -4.61. The molecule has 0 saturated carbocycles. The number of hydrogen-bond acceptors (Lipinski definition) is 4. The van der Waals surface area contributed by atoms with Crippen LogP contribution in [0.3, 0.4) is 0 Å². The Hall–Kier alpha value is -1.09. The first-order valence-corrected chi connectivity index (χ1v) is 7.57. The minimum absolute atomic E-state index is 0.0535. The molecular formula is C12H10BrF3N2O2S. The Morgan fingerprint density at radius 2 is 2.14 bits per heavy atom. The average molecular weight is 383 g/mol. The summed E-state index contributed by atoms with van der Waals surface area (Å²) in [7, 11) is 0. The van der Waals surface area contributed by atoms with E-state index in [1.807, 2.05) is 0 Å². The van der Waals surface area contributed by atoms with Crippen molar-refractivity contribution in [2.75, 3.05) is 11.4 Å². The minimum Gasteiger partial charge on any atom is -0.296 e. The molecule has 0 N–H and O–H groups in total. The third kappa shape index (κ3) is 3.76. The van der Waals surface area contributed by atoms with Gasteiger partial charge < -0.3 is 0 Å². The second-order valence-corrected chi connectivity index (χ2v) is 6.77. The third-order valence-electron chi connectivity index (χ3n) is 2.80. The number of hydrogen-bond donors (Lipinski definition) is 0. The first-order valence-electron chi connectivity index (χ1n) is 5.90. The molecule has 1 atom stereocenters. The fourth-order valence-corrected chi connectivity index (χ4v) is 3.36. The molecule has 0 radical (unpaired) electrons. The van der Waals surface area contributed by atoms with Gasteiger partial charge in [-0.2, -0.15) is 13.2 Å². The van der Waals surface area contributed by atoms with Gasteiger partial charge in [-0.05, 0) is 28.1 Å². The molecule has 4 nitrogen and oxygen atoms in total. The van der Waals surface area contributed by atoms with Crippen LogP contribution in [0, 0.1) is 0 Å². The van der Waals surface area contributed by atoms with Gasteiger partial charge in [-0.1, -0.05) is 11.8 Å². The molecule has 1 saturated heterocycles. The van der Waals surface area contributed by atoms with Crippen molar-refractivity contribution in [2.24, 2.45) is 0 Å². The molecule has 1 aromatic heterocycles. The van der Waals surface area contributed by atoms with Crippen LogP contribution in [-0.4, -0.2) is 27.8 Å². The van der Waals surface area contributed by atoms with Gasteiger partial charge in [0.25, 0.3) is 0 Å². The summed E-state index contributed by atoms with van der Waals surface area (Å²) in [5.41, 5.74) is -1.07. The van der Waals surface area contributed by atoms with E-state index in [-0.39, 0.29) is 39.5 Å². The van der Waals surface area contributed by atoms with Gasteiger partial charge in [-0.25, -0.2) is 4.98 Å². The number of carbonyl (C=O) groups excluding carboxylic acids is 2. The molecule has 0 aliphatic carbocycles. The van der Waals surface area contributed by atoms with Crippen LogP contribution < -0.4 is 4.90 Å². The molecule has 1 fully saturated rings. The Morgan fingerprint density at radius 1 is 1.48 bits per heavy atom. The molecule has 114 valence electrons. The molecule has 0 bridgehead atoms. The predicted octanol–water partition coefficient (Wildman–Crippen LogP) is 3.25. The Kier molecular flexibility index (Phi) is 4.62. The Balaban J connectivity index is 2.27. The number of nitrogens with zero attached hydrogens (tertiary/aromatic N) is 2. The first kappa shape index (κ1) is 16.3. The van der Waals surface area contributed by atoms with Crippen molar-refractivity contribution in [3.05, 3.63) is 22.3 Å². The van der Waals surface area contributed by atoms with Crippen LogP contribution in [0.5, 0.6) is 0 Å². The highest BCUT2D eigenvalue weighted by Crippen LogP contribution is 2.36. The van der Waals surface area contributed by atoms with E-state index in [1.54, 1.807) is 0 Å². The molecule has 1 amide bonds. The summed E-state index contributed by atoms with van der Waals surface area (Å²) < 4.78 is 38.3. The summed E-state index contributed by atoms with van der Waals surface area (Å²) in [5.74, 6) is -0.390. The van der Waals surface area contributed by atoms with Crippen LogP contribution in [0.4, 0.5) is 19.0 Å². The lowest BCUT2D eigenvalue weighted by Crippen LogP contribution is -2.27. The van der Waals surface area contributed by atoms with Gasteiger partial charge >= 0.3 is 6.18 Å². The predicted molar refractivity (Wildman–Crippen MR) is 76.0 cm³/mol. The van der Waals surface area contributed by atoms with E-state index in [1.165, 1.54) is 24.0 Å². The highest BCUT2D eigenvalue weighted by Gasteiger charge is 2.38. The number of thioether (sulfide) groups is 1. The van der Waals surface area contributed by atoms with Gasteiger partial charge in [0, 0.05) is 29.6 Å². The van der Waals surface area contributed by atoms with E-state index >= 15 is 0 Å². The number of halogens is 4. The molecule has 1 aliphatic heterocycles. The molecule has 1 aromatic rings. The number of rotatable bonds is 2. The average Bonchev–Trinajstić information content (AvgIpc) is 2.68. The molecular weight excluding hydrogens is 373 g/mol. The topological polar surface area (TPSA) is 50.3 Å². The highest BCUT2D eigenvalue weighted by atomic mass is 79.9. The molecule has 9 heteroatoms. The molecule has 2 rings (SSSR count). The molecule has 21 heavy (non-hydrogen) atoms. The second-order valence-electron chi connectivity index (χ2n) is 4.44. The number of carbonyl (C=O) groups is 2. The highest BCUT2D eigenvalue weighted by molar-refractivity contribution is 9.10. The van der Waals surface area contributed by atoms with Crippen molar-refractivity contribution >= 4 is 44.5 Å². The van der Waals surface area contributed by atoms with Crippen molar-refractivity contribution in [2.45, 2.75) is 24.8 Å². The van der Waals surface area contributed by atoms with Crippen LogP contribution in [-0.2, 0) is 15.8 Å². The van der Waals surface area contributed by atoms with Crippen LogP contribution in [0.15, 0.2) is 16.6 Å². The first-order chi connectivity index (χ1) is 9.68. The lowest BCUT2D eigenvalue weighted by molar-refractivity contribution is -0.141. The van der Waals surface area contributed by atoms with Gasteiger partial charge in [0.05, 0.1) is 0 Å². The van der Waals surface area contributed by atoms with Gasteiger partial charge in [0.1, 0.15) is 5.82 Å². The normalized spacial score (nSPS) is 19.2. The largest absolute Gasteiger partial charge is 0.434 e. The van der Waals surface area contributed by atoms with Crippen LogP contribution in [0.1, 0.15) is 19.0 Å². The number of amides is 1. The van der Waals surface area contributed by atoms with Crippen molar-refractivity contribution in [3.8, 4) is 0 Å². The Labute approximate surface area is 131 Å². The van der Waals surface area contributed by atoms with E-state index < -0.39 is 11.9 Å². The summed E-state index contributed by atoms with van der Waals surface area (Å²) in [5, 5.41) is -0.385. The summed E-state index contributed by atoms with van der Waals surface area (Å²) in [6.45, 7) is 1.56. The summed E-state index contributed by atoms with van der Waals surface area (Å²) in [6, 6.07) is 2.56. The van der Waals surface area contributed by atoms with Crippen LogP contribution in [0.2, 0.25) is 0 Å². The fraction of sp³-hybridized carbons (Fsp3) is 0.417. The second kappa shape index (κ2) is 5.96. The van der Waals surface area contributed by atoms with Gasteiger partial charge in [-0.15, -0.1) is 0 Å². The van der Waals surface area contributed by atoms with Crippen LogP contribution in [0.25, 0.3) is 0 Å². The zero-order valence-electron chi connectivity index (χ0n) is 10.8. The fourth-order valence-electron chi connectivity index (χ4n) is 1.99. The standard InChI is InChI=1S/C12H10BrF3N2O2S/c1-6(19)21-7-4-10(20)18(5-7)9-3-2-8(13)11(17-9)12(14,15)16/h2-3,7H,4-5H2,1H3. The van der Waals surface area contributed by atoms with Gasteiger partial charge in [0.15, 0.2) is 10.8 Å². The molecule has 0 spiro atoms. The molecule has 2 heterocycles. The molecule has 1 aliphatic rings. The zero-order valence-corrected chi connectivity index (χ0v) is 13.2. The SMILES string of the molecule is CC(=O)SC1CC(=O)N(c2ccc(Br)c(C(F)(F)F)n2)C1. The summed E-state index contributed by atoms with van der Waals surface area (Å²) in [4.78, 5) is 27.6. The zero-order chi connectivity index (χ0) is 15.8. The van der Waals surface area contributed by atoms with Crippen molar-refractivity contribution in [1.29, 1.82) is 0 Å². The van der Waals surface area contributed by atoms with Gasteiger partial charge in [-0.3, -0.25) is 14.5 Å². The third-order valence-corrected chi connectivity index (χ3v) is 4.42. The molecule has 0 aromatic carbocycles. The lowest BCUT2D eigenvalue weighted by Gasteiger charge is -2.17. The van der Waals surface area contributed by atoms with Crippen molar-refractivity contribution in [3.63, 3.8) is 0 Å². The van der Waals surface area contributed by atoms with Gasteiger partial charge in [0.2, 0.25) is 5.91 Å². The maximum absolute atomic E-state index is 12.8. The molecule has 1 unspecified atom stereocenters. The number of aromatic nitrogens is 1. The van der Waals surface area contributed by atoms with E-state index in [9.17, 15) is 22.8 Å². The number of alkyl halides is 3. The number of anilines is 1. The van der Waals surface area contributed by atoms with E-state index in [0.29, 0.717) is 0 Å². The van der Waals surface area contributed by atoms with Crippen molar-refractivity contribution in [1.82, 2.24) is 4.98 Å². The Bertz CT molecular complexity index is 594. The smallest absolute Gasteiger partial charge is 0.296 e. The monoisotopic (exact) mass is 382 g/mol. The van der Waals surface area contributed by atoms with Crippen molar-refractivity contribution < 1.29 is 22.8 Å².